The van der Waals surface area contributed by atoms with Crippen LogP contribution in [0.2, 0.25) is 0 Å². The van der Waals surface area contributed by atoms with Crippen LogP contribution in [0.1, 0.15) is 16.8 Å². The number of hydrogen-bond acceptors (Lipinski definition) is 5. The molecule has 6 nitrogen and oxygen atoms in total. The molecule has 0 spiro atoms. The van der Waals surface area contributed by atoms with Gasteiger partial charge in [0, 0.05) is 10.9 Å². The first-order valence-corrected chi connectivity index (χ1v) is 9.98. The molecule has 1 unspecified atom stereocenters. The van der Waals surface area contributed by atoms with Crippen molar-refractivity contribution in [3.63, 3.8) is 0 Å². The van der Waals surface area contributed by atoms with Crippen LogP contribution in [-0.4, -0.2) is 50.9 Å². The second-order valence-electron chi connectivity index (χ2n) is 7.00. The minimum atomic E-state index is -0.625. The van der Waals surface area contributed by atoms with Crippen LogP contribution in [0.25, 0.3) is 10.8 Å². The van der Waals surface area contributed by atoms with Crippen LogP contribution in [0.3, 0.4) is 0 Å². The van der Waals surface area contributed by atoms with E-state index < -0.39 is 6.10 Å². The van der Waals surface area contributed by atoms with E-state index in [9.17, 15) is 9.90 Å². The summed E-state index contributed by atoms with van der Waals surface area (Å²) in [5.41, 5.74) is 0.584. The topological polar surface area (TPSA) is 81.6 Å². The SMILES string of the molecule is COc1ccc(C(=O)CC[NH2+]CC(O)COc2cccc3ccccc23)cc1OC.[Cl-]. The zero-order chi connectivity index (χ0) is 21.3. The summed E-state index contributed by atoms with van der Waals surface area (Å²) in [6.07, 6.45) is -0.257. The van der Waals surface area contributed by atoms with Crippen LogP contribution in [-0.2, 0) is 0 Å². The quantitative estimate of drug-likeness (QED) is 0.305. The van der Waals surface area contributed by atoms with Crippen molar-refractivity contribution in [1.29, 1.82) is 0 Å². The van der Waals surface area contributed by atoms with Crippen LogP contribution in [0.4, 0.5) is 0 Å². The Bertz CT molecular complexity index is 989. The number of benzene rings is 3. The van der Waals surface area contributed by atoms with Gasteiger partial charge in [-0.15, -0.1) is 0 Å². The highest BCUT2D eigenvalue weighted by molar-refractivity contribution is 5.96. The maximum absolute atomic E-state index is 12.4. The highest BCUT2D eigenvalue weighted by Crippen LogP contribution is 2.28. The van der Waals surface area contributed by atoms with E-state index in [0.717, 1.165) is 16.5 Å². The number of hydrogen-bond donors (Lipinski definition) is 2. The Morgan fingerprint density at radius 3 is 2.48 bits per heavy atom. The Kier molecular flexibility index (Phi) is 9.59. The minimum absolute atomic E-state index is 0. The van der Waals surface area contributed by atoms with E-state index in [2.05, 4.69) is 0 Å². The van der Waals surface area contributed by atoms with Gasteiger partial charge in [-0.1, -0.05) is 36.4 Å². The number of rotatable bonds is 11. The third-order valence-electron chi connectivity index (χ3n) is 4.90. The number of fused-ring (bicyclic) bond motifs is 1. The molecule has 1 atom stereocenters. The number of nitrogens with two attached hydrogens (primary N) is 1. The lowest BCUT2D eigenvalue weighted by Gasteiger charge is -2.13. The van der Waals surface area contributed by atoms with Gasteiger partial charge in [-0.05, 0) is 29.7 Å². The average Bonchev–Trinajstić information content (AvgIpc) is 2.79. The smallest absolute Gasteiger partial charge is 0.168 e. The van der Waals surface area contributed by atoms with Crippen LogP contribution < -0.4 is 31.9 Å². The number of carbonyl (C=O) groups is 1. The predicted molar refractivity (Wildman–Crippen MR) is 116 cm³/mol. The van der Waals surface area contributed by atoms with Gasteiger partial charge in [-0.3, -0.25) is 4.79 Å². The van der Waals surface area contributed by atoms with E-state index in [1.807, 2.05) is 47.8 Å². The van der Waals surface area contributed by atoms with Crippen LogP contribution in [0.15, 0.2) is 60.7 Å². The standard InChI is InChI=1S/C24H27NO5.ClH/c1-28-23-11-10-18(14-24(23)29-2)21(27)12-13-25-15-19(26)16-30-22-9-5-7-17-6-3-4-8-20(17)22;/h3-11,14,19,25-26H,12-13,15-16H2,1-2H3;1H. The van der Waals surface area contributed by atoms with E-state index in [-0.39, 0.29) is 24.8 Å². The summed E-state index contributed by atoms with van der Waals surface area (Å²) in [7, 11) is 3.10. The second-order valence-corrected chi connectivity index (χ2v) is 7.00. The lowest BCUT2D eigenvalue weighted by atomic mass is 10.1. The number of ketones is 1. The third-order valence-corrected chi connectivity index (χ3v) is 4.90. The zero-order valence-corrected chi connectivity index (χ0v) is 18.5. The number of aliphatic hydroxyl groups is 1. The molecule has 0 aromatic heterocycles. The lowest BCUT2D eigenvalue weighted by molar-refractivity contribution is -0.659. The maximum Gasteiger partial charge on any atom is 0.168 e. The molecule has 0 aliphatic heterocycles. The van der Waals surface area contributed by atoms with Crippen LogP contribution in [0.5, 0.6) is 17.2 Å². The molecule has 3 rings (SSSR count). The van der Waals surface area contributed by atoms with Crippen molar-refractivity contribution in [2.75, 3.05) is 33.9 Å². The largest absolute Gasteiger partial charge is 1.00 e. The van der Waals surface area contributed by atoms with Gasteiger partial charge < -0.3 is 37.0 Å². The van der Waals surface area contributed by atoms with E-state index in [1.165, 1.54) is 0 Å². The molecule has 0 bridgehead atoms. The van der Waals surface area contributed by atoms with Crippen molar-refractivity contribution in [1.82, 2.24) is 0 Å². The van der Waals surface area contributed by atoms with Crippen molar-refractivity contribution in [3.05, 3.63) is 66.2 Å². The summed E-state index contributed by atoms with van der Waals surface area (Å²) in [6.45, 7) is 1.25. The summed E-state index contributed by atoms with van der Waals surface area (Å²) in [5.74, 6) is 1.91. The van der Waals surface area contributed by atoms with Gasteiger partial charge in [0.1, 0.15) is 25.0 Å². The van der Waals surface area contributed by atoms with Crippen molar-refractivity contribution < 1.29 is 41.8 Å². The minimum Gasteiger partial charge on any atom is -1.00 e. The molecule has 0 amide bonds. The molecule has 0 saturated carbocycles. The normalized spacial score (nSPS) is 11.5. The monoisotopic (exact) mass is 445 g/mol. The predicted octanol–water partition coefficient (Wildman–Crippen LogP) is -0.563. The first-order valence-electron chi connectivity index (χ1n) is 9.98. The summed E-state index contributed by atoms with van der Waals surface area (Å²) < 4.78 is 16.2. The van der Waals surface area contributed by atoms with E-state index in [4.69, 9.17) is 14.2 Å². The van der Waals surface area contributed by atoms with E-state index >= 15 is 0 Å². The summed E-state index contributed by atoms with van der Waals surface area (Å²) in [5, 5.41) is 14.3. The fraction of sp³-hybridized carbons (Fsp3) is 0.292. The van der Waals surface area contributed by atoms with Gasteiger partial charge in [0.05, 0.1) is 27.2 Å². The highest BCUT2D eigenvalue weighted by atomic mass is 35.5. The Balaban J connectivity index is 0.00000341. The number of methoxy groups -OCH3 is 2. The summed E-state index contributed by atoms with van der Waals surface area (Å²) in [6, 6.07) is 19.0. The molecule has 0 aliphatic rings. The molecule has 0 saturated heterocycles. The molecule has 3 aromatic rings. The van der Waals surface area contributed by atoms with Gasteiger partial charge in [0.2, 0.25) is 0 Å². The molecular weight excluding hydrogens is 418 g/mol. The van der Waals surface area contributed by atoms with Gasteiger partial charge in [-0.25, -0.2) is 0 Å². The Hall–Kier alpha value is -2.80. The molecule has 31 heavy (non-hydrogen) atoms. The van der Waals surface area contributed by atoms with Crippen molar-refractivity contribution >= 4 is 16.6 Å². The highest BCUT2D eigenvalue weighted by Gasteiger charge is 2.13. The van der Waals surface area contributed by atoms with Crippen molar-refractivity contribution in [3.8, 4) is 17.2 Å². The molecule has 0 aliphatic carbocycles. The van der Waals surface area contributed by atoms with E-state index in [1.54, 1.807) is 32.4 Å². The number of quaternary nitrogens is 1. The van der Waals surface area contributed by atoms with Crippen molar-refractivity contribution in [2.24, 2.45) is 0 Å². The molecule has 7 heteroatoms. The molecule has 3 aromatic carbocycles. The molecular formula is C24H28ClNO5. The number of ether oxygens (including phenoxy) is 3. The fourth-order valence-corrected chi connectivity index (χ4v) is 3.27. The number of Topliss-reactive ketones (excluding diaryl/α,β-unsaturated/α-hetero) is 1. The zero-order valence-electron chi connectivity index (χ0n) is 17.7. The first kappa shape index (κ1) is 24.5. The van der Waals surface area contributed by atoms with E-state index in [0.29, 0.717) is 36.6 Å². The Morgan fingerprint density at radius 2 is 1.71 bits per heavy atom. The van der Waals surface area contributed by atoms with Gasteiger partial charge >= 0.3 is 0 Å². The Morgan fingerprint density at radius 1 is 0.968 bits per heavy atom. The van der Waals surface area contributed by atoms with Gasteiger partial charge in [0.15, 0.2) is 17.3 Å². The number of aliphatic hydroxyl groups excluding tert-OH is 1. The molecule has 166 valence electrons. The lowest BCUT2D eigenvalue weighted by Crippen LogP contribution is -3.00. The number of carbonyl (C=O) groups excluding carboxylic acids is 1. The van der Waals surface area contributed by atoms with Crippen molar-refractivity contribution in [2.45, 2.75) is 12.5 Å². The summed E-state index contributed by atoms with van der Waals surface area (Å²) >= 11 is 0. The van der Waals surface area contributed by atoms with Gasteiger partial charge in [0.25, 0.3) is 0 Å². The third kappa shape index (κ3) is 6.59. The number of halogens is 1. The first-order chi connectivity index (χ1) is 14.6. The van der Waals surface area contributed by atoms with Gasteiger partial charge in [-0.2, -0.15) is 0 Å². The maximum atomic E-state index is 12.4. The molecule has 0 fully saturated rings. The molecule has 3 N–H and O–H groups in total. The average molecular weight is 446 g/mol. The second kappa shape index (κ2) is 12.2. The molecule has 0 heterocycles. The van der Waals surface area contributed by atoms with Crippen LogP contribution >= 0.6 is 0 Å². The fourth-order valence-electron chi connectivity index (χ4n) is 3.27. The Labute approximate surface area is 188 Å². The van der Waals surface area contributed by atoms with Crippen LogP contribution in [0, 0.1) is 0 Å². The molecule has 0 radical (unpaired) electrons. The summed E-state index contributed by atoms with van der Waals surface area (Å²) in [4.78, 5) is 12.4.